The Bertz CT molecular complexity index is 545. The number of nitrogen functional groups attached to an aromatic ring is 1. The van der Waals surface area contributed by atoms with Crippen LogP contribution in [0.1, 0.15) is 11.5 Å². The van der Waals surface area contributed by atoms with E-state index in [1.165, 1.54) is 13.4 Å². The summed E-state index contributed by atoms with van der Waals surface area (Å²) in [6.45, 7) is 2.35. The minimum atomic E-state index is 0.300. The summed E-state index contributed by atoms with van der Waals surface area (Å²) >= 11 is 0. The third kappa shape index (κ3) is 2.62. The number of rotatable bonds is 4. The quantitative estimate of drug-likeness (QED) is 0.822. The molecule has 0 saturated heterocycles. The number of aryl methyl sites for hydroxylation is 1. The smallest absolute Gasteiger partial charge is 0.203 e. The molecule has 18 heavy (non-hydrogen) atoms. The monoisotopic (exact) mass is 246 g/mol. The second kappa shape index (κ2) is 5.26. The maximum absolute atomic E-state index is 5.68. The number of nitrogens with one attached hydrogen (secondary N) is 1. The van der Waals surface area contributed by atoms with Crippen molar-refractivity contribution in [1.29, 1.82) is 0 Å². The maximum Gasteiger partial charge on any atom is 0.203 e. The molecule has 2 heterocycles. The van der Waals surface area contributed by atoms with Gasteiger partial charge in [-0.2, -0.15) is 0 Å². The van der Waals surface area contributed by atoms with Crippen molar-refractivity contribution in [2.24, 2.45) is 0 Å². The number of hydrogen-bond donors (Lipinski definition) is 2. The molecule has 0 atom stereocenters. The lowest BCUT2D eigenvalue weighted by Gasteiger charge is -2.10. The van der Waals surface area contributed by atoms with Crippen molar-refractivity contribution in [3.05, 3.63) is 30.1 Å². The second-order valence-electron chi connectivity index (χ2n) is 3.59. The molecule has 7 nitrogen and oxygen atoms in total. The van der Waals surface area contributed by atoms with Crippen molar-refractivity contribution in [2.45, 2.75) is 13.5 Å². The summed E-state index contributed by atoms with van der Waals surface area (Å²) < 4.78 is 5.14. The fourth-order valence-corrected chi connectivity index (χ4v) is 1.49. The molecular weight excluding hydrogens is 232 g/mol. The Hall–Kier alpha value is -2.44. The number of methoxy groups -OCH3 is 1. The molecule has 2 aromatic rings. The summed E-state index contributed by atoms with van der Waals surface area (Å²) in [5.74, 6) is 2.00. The Labute approximate surface area is 104 Å². The van der Waals surface area contributed by atoms with E-state index in [1.807, 2.05) is 13.0 Å². The lowest BCUT2D eigenvalue weighted by Crippen LogP contribution is -2.08. The van der Waals surface area contributed by atoms with Gasteiger partial charge in [-0.15, -0.1) is 0 Å². The fourth-order valence-electron chi connectivity index (χ4n) is 1.49. The van der Waals surface area contributed by atoms with Gasteiger partial charge in [0.05, 0.1) is 19.3 Å². The fraction of sp³-hybridized carbons (Fsp3) is 0.273. The molecule has 0 aliphatic rings. The summed E-state index contributed by atoms with van der Waals surface area (Å²) in [4.78, 5) is 16.2. The molecule has 0 aliphatic heterocycles. The third-order valence-corrected chi connectivity index (χ3v) is 2.31. The van der Waals surface area contributed by atoms with Crippen LogP contribution < -0.4 is 15.8 Å². The Morgan fingerprint density at radius 1 is 1.33 bits per heavy atom. The van der Waals surface area contributed by atoms with Crippen molar-refractivity contribution in [1.82, 2.24) is 19.9 Å². The van der Waals surface area contributed by atoms with Crippen LogP contribution in [0.4, 0.5) is 11.6 Å². The standard InChI is InChI=1S/C11H14N6O/c1-7-13-4-3-8(17-7)5-14-11-9(18-2)10(12)15-6-16-11/h3-4,6H,5H2,1-2H3,(H3,12,14,15,16). The van der Waals surface area contributed by atoms with Crippen LogP contribution in [0.15, 0.2) is 18.6 Å². The van der Waals surface area contributed by atoms with Gasteiger partial charge in [0.25, 0.3) is 0 Å². The van der Waals surface area contributed by atoms with Crippen LogP contribution in [0, 0.1) is 6.92 Å². The van der Waals surface area contributed by atoms with Crippen molar-refractivity contribution >= 4 is 11.6 Å². The molecular formula is C11H14N6O. The van der Waals surface area contributed by atoms with E-state index in [0.29, 0.717) is 23.9 Å². The molecule has 0 saturated carbocycles. The molecule has 2 rings (SSSR count). The molecule has 0 spiro atoms. The zero-order valence-electron chi connectivity index (χ0n) is 10.2. The van der Waals surface area contributed by atoms with E-state index in [2.05, 4.69) is 25.3 Å². The normalized spacial score (nSPS) is 10.1. The van der Waals surface area contributed by atoms with Gasteiger partial charge in [-0.3, -0.25) is 0 Å². The predicted molar refractivity (Wildman–Crippen MR) is 67.1 cm³/mol. The first kappa shape index (κ1) is 12.0. The second-order valence-corrected chi connectivity index (χ2v) is 3.59. The topological polar surface area (TPSA) is 98.8 Å². The summed E-state index contributed by atoms with van der Waals surface area (Å²) in [6.07, 6.45) is 3.09. The van der Waals surface area contributed by atoms with Crippen LogP contribution in [0.25, 0.3) is 0 Å². The Kier molecular flexibility index (Phi) is 3.52. The first-order valence-electron chi connectivity index (χ1n) is 5.37. The van der Waals surface area contributed by atoms with E-state index in [9.17, 15) is 0 Å². The van der Waals surface area contributed by atoms with Gasteiger partial charge in [0.1, 0.15) is 12.2 Å². The van der Waals surface area contributed by atoms with Crippen LogP contribution in [-0.4, -0.2) is 27.0 Å². The molecule has 7 heteroatoms. The van der Waals surface area contributed by atoms with Crippen LogP contribution in [0.2, 0.25) is 0 Å². The highest BCUT2D eigenvalue weighted by molar-refractivity contribution is 5.61. The number of hydrogen-bond acceptors (Lipinski definition) is 7. The summed E-state index contributed by atoms with van der Waals surface area (Å²) in [6, 6.07) is 1.83. The minimum absolute atomic E-state index is 0.300. The largest absolute Gasteiger partial charge is 0.490 e. The lowest BCUT2D eigenvalue weighted by molar-refractivity contribution is 0.415. The molecule has 94 valence electrons. The maximum atomic E-state index is 5.68. The minimum Gasteiger partial charge on any atom is -0.490 e. The summed E-state index contributed by atoms with van der Waals surface area (Å²) in [5, 5.41) is 3.10. The van der Waals surface area contributed by atoms with Crippen LogP contribution >= 0.6 is 0 Å². The zero-order chi connectivity index (χ0) is 13.0. The first-order valence-corrected chi connectivity index (χ1v) is 5.37. The molecule has 0 bridgehead atoms. The molecule has 0 aliphatic carbocycles. The van der Waals surface area contributed by atoms with Gasteiger partial charge in [-0.25, -0.2) is 19.9 Å². The molecule has 0 fully saturated rings. The summed E-state index contributed by atoms with van der Waals surface area (Å²) in [5.41, 5.74) is 6.55. The van der Waals surface area contributed by atoms with Gasteiger partial charge in [0.2, 0.25) is 5.75 Å². The van der Waals surface area contributed by atoms with Crippen molar-refractivity contribution in [3.8, 4) is 5.75 Å². The molecule has 0 amide bonds. The van der Waals surface area contributed by atoms with Gasteiger partial charge in [0, 0.05) is 6.20 Å². The van der Waals surface area contributed by atoms with E-state index in [0.717, 1.165) is 11.5 Å². The van der Waals surface area contributed by atoms with Crippen LogP contribution in [0.5, 0.6) is 5.75 Å². The molecule has 2 aromatic heterocycles. The lowest BCUT2D eigenvalue weighted by atomic mass is 10.4. The number of aromatic nitrogens is 4. The van der Waals surface area contributed by atoms with E-state index in [-0.39, 0.29) is 0 Å². The van der Waals surface area contributed by atoms with Crippen LogP contribution in [0.3, 0.4) is 0 Å². The highest BCUT2D eigenvalue weighted by Gasteiger charge is 2.09. The van der Waals surface area contributed by atoms with Gasteiger partial charge in [-0.05, 0) is 13.0 Å². The van der Waals surface area contributed by atoms with E-state index < -0.39 is 0 Å². The van der Waals surface area contributed by atoms with E-state index in [4.69, 9.17) is 10.5 Å². The highest BCUT2D eigenvalue weighted by Crippen LogP contribution is 2.26. The molecule has 0 radical (unpaired) electrons. The number of anilines is 2. The van der Waals surface area contributed by atoms with Gasteiger partial charge in [0.15, 0.2) is 11.6 Å². The molecule has 0 aromatic carbocycles. The van der Waals surface area contributed by atoms with Crippen molar-refractivity contribution < 1.29 is 4.74 Å². The average molecular weight is 246 g/mol. The van der Waals surface area contributed by atoms with Gasteiger partial charge >= 0.3 is 0 Å². The SMILES string of the molecule is COc1c(N)ncnc1NCc1ccnc(C)n1. The Morgan fingerprint density at radius 2 is 2.17 bits per heavy atom. The first-order chi connectivity index (χ1) is 8.70. The van der Waals surface area contributed by atoms with Gasteiger partial charge < -0.3 is 15.8 Å². The molecule has 0 unspecified atom stereocenters. The van der Waals surface area contributed by atoms with Crippen molar-refractivity contribution in [2.75, 3.05) is 18.2 Å². The number of nitrogens with zero attached hydrogens (tertiary/aromatic N) is 4. The summed E-state index contributed by atoms with van der Waals surface area (Å²) in [7, 11) is 1.52. The van der Waals surface area contributed by atoms with E-state index >= 15 is 0 Å². The highest BCUT2D eigenvalue weighted by atomic mass is 16.5. The number of nitrogens with two attached hydrogens (primary N) is 1. The molecule has 3 N–H and O–H groups in total. The van der Waals surface area contributed by atoms with Crippen molar-refractivity contribution in [3.63, 3.8) is 0 Å². The number of ether oxygens (including phenoxy) is 1. The Balaban J connectivity index is 2.13. The predicted octanol–water partition coefficient (Wildman–Crippen LogP) is 0.778. The Morgan fingerprint density at radius 3 is 2.89 bits per heavy atom. The third-order valence-electron chi connectivity index (χ3n) is 2.31. The van der Waals surface area contributed by atoms with Gasteiger partial charge in [-0.1, -0.05) is 0 Å². The zero-order valence-corrected chi connectivity index (χ0v) is 10.2. The van der Waals surface area contributed by atoms with Crippen LogP contribution in [-0.2, 0) is 6.54 Å². The average Bonchev–Trinajstić information content (AvgIpc) is 2.36. The van der Waals surface area contributed by atoms with E-state index in [1.54, 1.807) is 6.20 Å².